The van der Waals surface area contributed by atoms with E-state index >= 15 is 0 Å². The maximum absolute atomic E-state index is 12.5. The Morgan fingerprint density at radius 2 is 1.83 bits per heavy atom. The third kappa shape index (κ3) is 3.25. The molecule has 1 heterocycles. The molecule has 5 nitrogen and oxygen atoms in total. The smallest absolute Gasteiger partial charge is 0.280 e. The fourth-order valence-corrected chi connectivity index (χ4v) is 2.37. The molecule has 0 aliphatic carbocycles. The van der Waals surface area contributed by atoms with Gasteiger partial charge in [-0.05, 0) is 43.2 Å². The van der Waals surface area contributed by atoms with Crippen LogP contribution in [0.5, 0.6) is 0 Å². The second-order valence-electron chi connectivity index (χ2n) is 5.58. The highest BCUT2D eigenvalue weighted by molar-refractivity contribution is 6.03. The molecule has 0 fully saturated rings. The highest BCUT2D eigenvalue weighted by atomic mass is 16.2. The van der Waals surface area contributed by atoms with Gasteiger partial charge in [-0.25, -0.2) is 4.68 Å². The summed E-state index contributed by atoms with van der Waals surface area (Å²) in [6.07, 6.45) is 1.56. The largest absolute Gasteiger partial charge is 0.320 e. The van der Waals surface area contributed by atoms with Crippen LogP contribution in [0.2, 0.25) is 0 Å². The molecule has 0 unspecified atom stereocenters. The van der Waals surface area contributed by atoms with Crippen LogP contribution in [-0.2, 0) is 0 Å². The van der Waals surface area contributed by atoms with E-state index in [0.29, 0.717) is 5.69 Å². The van der Waals surface area contributed by atoms with Crippen LogP contribution in [0, 0.1) is 13.8 Å². The Labute approximate surface area is 139 Å². The predicted molar refractivity (Wildman–Crippen MR) is 93.7 cm³/mol. The first kappa shape index (κ1) is 15.7. The number of nitrogens with one attached hydrogen (secondary N) is 1. The molecule has 0 atom stereocenters. The molecule has 0 spiro atoms. The average Bonchev–Trinajstić information content (AvgIpc) is 2.57. The Hall–Kier alpha value is -3.21. The third-order valence-electron chi connectivity index (χ3n) is 3.68. The molecule has 1 N–H and O–H groups in total. The van der Waals surface area contributed by atoms with Crippen LogP contribution in [0.4, 0.5) is 5.69 Å². The number of rotatable bonds is 3. The lowest BCUT2D eigenvalue weighted by Gasteiger charge is -2.10. The molecule has 2 aromatic carbocycles. The van der Waals surface area contributed by atoms with Crippen LogP contribution < -0.4 is 10.7 Å². The van der Waals surface area contributed by atoms with E-state index in [1.165, 1.54) is 10.7 Å². The number of amides is 1. The minimum Gasteiger partial charge on any atom is -0.320 e. The second kappa shape index (κ2) is 6.50. The SMILES string of the molecule is Cc1cccc(-n2ccc(=O)c(C(=O)Nc3ccccc3C)n2)c1. The van der Waals surface area contributed by atoms with Crippen molar-refractivity contribution in [3.05, 3.63) is 87.8 Å². The maximum atomic E-state index is 12.5. The van der Waals surface area contributed by atoms with Crippen LogP contribution in [0.25, 0.3) is 5.69 Å². The van der Waals surface area contributed by atoms with Gasteiger partial charge in [-0.15, -0.1) is 0 Å². The standard InChI is InChI=1S/C19H17N3O2/c1-13-6-5-8-15(12-13)22-11-10-17(23)18(21-22)19(24)20-16-9-4-3-7-14(16)2/h3-12H,1-2H3,(H,20,24). The summed E-state index contributed by atoms with van der Waals surface area (Å²) in [4.78, 5) is 24.5. The van der Waals surface area contributed by atoms with E-state index in [0.717, 1.165) is 16.8 Å². The van der Waals surface area contributed by atoms with E-state index in [2.05, 4.69) is 10.4 Å². The molecule has 0 bridgehead atoms. The third-order valence-corrected chi connectivity index (χ3v) is 3.68. The van der Waals surface area contributed by atoms with Gasteiger partial charge in [0, 0.05) is 18.0 Å². The molecule has 0 radical (unpaired) electrons. The van der Waals surface area contributed by atoms with Crippen molar-refractivity contribution in [3.8, 4) is 5.69 Å². The van der Waals surface area contributed by atoms with E-state index in [-0.39, 0.29) is 5.69 Å². The summed E-state index contributed by atoms with van der Waals surface area (Å²) in [5.41, 5.74) is 2.89. The van der Waals surface area contributed by atoms with Crippen LogP contribution in [0.3, 0.4) is 0 Å². The van der Waals surface area contributed by atoms with Crippen molar-refractivity contribution in [3.63, 3.8) is 0 Å². The zero-order valence-corrected chi connectivity index (χ0v) is 13.5. The lowest BCUT2D eigenvalue weighted by Crippen LogP contribution is -2.25. The van der Waals surface area contributed by atoms with Gasteiger partial charge in [0.05, 0.1) is 5.69 Å². The lowest BCUT2D eigenvalue weighted by molar-refractivity contribution is 0.101. The fourth-order valence-electron chi connectivity index (χ4n) is 2.37. The van der Waals surface area contributed by atoms with Gasteiger partial charge in [0.2, 0.25) is 5.43 Å². The van der Waals surface area contributed by atoms with Crippen molar-refractivity contribution in [2.75, 3.05) is 5.32 Å². The van der Waals surface area contributed by atoms with Gasteiger partial charge in [-0.2, -0.15) is 5.10 Å². The Kier molecular flexibility index (Phi) is 4.24. The second-order valence-corrected chi connectivity index (χ2v) is 5.58. The number of carbonyl (C=O) groups excluding carboxylic acids is 1. The van der Waals surface area contributed by atoms with Crippen LogP contribution in [0.15, 0.2) is 65.6 Å². The minimum atomic E-state index is -0.517. The van der Waals surface area contributed by atoms with Gasteiger partial charge in [0.15, 0.2) is 5.69 Å². The molecule has 3 rings (SSSR count). The van der Waals surface area contributed by atoms with E-state index in [4.69, 9.17) is 0 Å². The van der Waals surface area contributed by atoms with E-state index in [1.54, 1.807) is 12.3 Å². The molecule has 1 amide bonds. The fraction of sp³-hybridized carbons (Fsp3) is 0.105. The summed E-state index contributed by atoms with van der Waals surface area (Å²) in [6, 6.07) is 16.4. The first-order valence-electron chi connectivity index (χ1n) is 7.58. The maximum Gasteiger partial charge on any atom is 0.280 e. The van der Waals surface area contributed by atoms with Crippen molar-refractivity contribution in [2.45, 2.75) is 13.8 Å². The normalized spacial score (nSPS) is 10.4. The number of nitrogens with zero attached hydrogens (tertiary/aromatic N) is 2. The van der Waals surface area contributed by atoms with E-state index in [1.807, 2.05) is 56.3 Å². The molecular weight excluding hydrogens is 302 g/mol. The van der Waals surface area contributed by atoms with Crippen LogP contribution in [-0.4, -0.2) is 15.7 Å². The highest BCUT2D eigenvalue weighted by Crippen LogP contribution is 2.14. The molecule has 3 aromatic rings. The van der Waals surface area contributed by atoms with Gasteiger partial charge < -0.3 is 5.32 Å². The summed E-state index contributed by atoms with van der Waals surface area (Å²) in [6.45, 7) is 3.86. The summed E-state index contributed by atoms with van der Waals surface area (Å²) < 4.78 is 1.53. The monoisotopic (exact) mass is 319 g/mol. The van der Waals surface area contributed by atoms with E-state index in [9.17, 15) is 9.59 Å². The number of hydrogen-bond acceptors (Lipinski definition) is 3. The number of para-hydroxylation sites is 1. The Balaban J connectivity index is 1.96. The lowest BCUT2D eigenvalue weighted by atomic mass is 10.2. The summed E-state index contributed by atoms with van der Waals surface area (Å²) >= 11 is 0. The van der Waals surface area contributed by atoms with Crippen molar-refractivity contribution < 1.29 is 4.79 Å². The van der Waals surface area contributed by atoms with Gasteiger partial charge in [-0.1, -0.05) is 30.3 Å². The molecule has 0 aliphatic heterocycles. The van der Waals surface area contributed by atoms with Crippen molar-refractivity contribution >= 4 is 11.6 Å². The molecule has 5 heteroatoms. The molecule has 0 saturated heterocycles. The molecular formula is C19H17N3O2. The van der Waals surface area contributed by atoms with Crippen LogP contribution in [0.1, 0.15) is 21.6 Å². The zero-order valence-electron chi connectivity index (χ0n) is 13.5. The topological polar surface area (TPSA) is 64.0 Å². The van der Waals surface area contributed by atoms with Crippen molar-refractivity contribution in [2.24, 2.45) is 0 Å². The highest BCUT2D eigenvalue weighted by Gasteiger charge is 2.14. The van der Waals surface area contributed by atoms with Crippen LogP contribution >= 0.6 is 0 Å². The number of aryl methyl sites for hydroxylation is 2. The zero-order chi connectivity index (χ0) is 17.1. The van der Waals surface area contributed by atoms with Gasteiger partial charge in [0.1, 0.15) is 0 Å². The molecule has 0 aliphatic rings. The van der Waals surface area contributed by atoms with Crippen molar-refractivity contribution in [1.82, 2.24) is 9.78 Å². The number of hydrogen-bond donors (Lipinski definition) is 1. The Bertz CT molecular complexity index is 961. The van der Waals surface area contributed by atoms with E-state index < -0.39 is 11.3 Å². The van der Waals surface area contributed by atoms with Gasteiger partial charge >= 0.3 is 0 Å². The first-order chi connectivity index (χ1) is 11.5. The number of anilines is 1. The minimum absolute atomic E-state index is 0.137. The Morgan fingerprint density at radius 1 is 1.04 bits per heavy atom. The summed E-state index contributed by atoms with van der Waals surface area (Å²) in [5, 5.41) is 6.94. The number of aromatic nitrogens is 2. The molecule has 1 aromatic heterocycles. The average molecular weight is 319 g/mol. The van der Waals surface area contributed by atoms with Gasteiger partial charge in [-0.3, -0.25) is 9.59 Å². The number of benzene rings is 2. The summed E-state index contributed by atoms with van der Waals surface area (Å²) in [7, 11) is 0. The predicted octanol–water partition coefficient (Wildman–Crippen LogP) is 3.10. The van der Waals surface area contributed by atoms with Gasteiger partial charge in [0.25, 0.3) is 5.91 Å². The quantitative estimate of drug-likeness (QED) is 0.807. The first-order valence-corrected chi connectivity index (χ1v) is 7.58. The molecule has 24 heavy (non-hydrogen) atoms. The molecule has 0 saturated carbocycles. The Morgan fingerprint density at radius 3 is 2.58 bits per heavy atom. The number of carbonyl (C=O) groups is 1. The summed E-state index contributed by atoms with van der Waals surface area (Å²) in [5.74, 6) is -0.517. The molecule has 120 valence electrons. The van der Waals surface area contributed by atoms with Crippen molar-refractivity contribution in [1.29, 1.82) is 0 Å².